The van der Waals surface area contributed by atoms with E-state index in [4.69, 9.17) is 4.74 Å². The smallest absolute Gasteiger partial charge is 0.413 e. The minimum absolute atomic E-state index is 0.0459. The lowest BCUT2D eigenvalue weighted by atomic mass is 10.1. The second-order valence-electron chi connectivity index (χ2n) is 5.21. The van der Waals surface area contributed by atoms with Crippen LogP contribution in [0.25, 0.3) is 0 Å². The van der Waals surface area contributed by atoms with Crippen molar-refractivity contribution in [2.75, 3.05) is 26.1 Å². The molecule has 1 aromatic heterocycles. The minimum atomic E-state index is -0.551. The first-order chi connectivity index (χ1) is 11.6. The first-order valence-corrected chi connectivity index (χ1v) is 8.19. The number of ether oxygens (including phenoxy) is 2. The third kappa shape index (κ3) is 3.33. The van der Waals surface area contributed by atoms with Crippen molar-refractivity contribution in [1.29, 1.82) is 0 Å². The number of nitrogens with one attached hydrogen (secondary N) is 1. The molecular formula is C16H17N3O4S. The van der Waals surface area contributed by atoms with Gasteiger partial charge >= 0.3 is 6.09 Å². The molecule has 2 aromatic rings. The largest absolute Gasteiger partial charge is 0.497 e. The van der Waals surface area contributed by atoms with Gasteiger partial charge < -0.3 is 14.4 Å². The third-order valence-corrected chi connectivity index (χ3v) is 4.73. The average Bonchev–Trinajstić information content (AvgIpc) is 3.02. The number of amides is 2. The zero-order valence-electron chi connectivity index (χ0n) is 13.4. The van der Waals surface area contributed by atoms with Gasteiger partial charge in [-0.15, -0.1) is 0 Å². The van der Waals surface area contributed by atoms with E-state index in [-0.39, 0.29) is 5.91 Å². The molecule has 1 aliphatic rings. The summed E-state index contributed by atoms with van der Waals surface area (Å²) >= 11 is 1.36. The molecule has 1 aliphatic heterocycles. The minimum Gasteiger partial charge on any atom is -0.497 e. The van der Waals surface area contributed by atoms with Crippen LogP contribution in [-0.2, 0) is 17.7 Å². The maximum absolute atomic E-state index is 12.7. The molecule has 126 valence electrons. The van der Waals surface area contributed by atoms with Gasteiger partial charge in [-0.05, 0) is 18.2 Å². The summed E-state index contributed by atoms with van der Waals surface area (Å²) in [5.41, 5.74) is 1.51. The number of thiazole rings is 1. The highest BCUT2D eigenvalue weighted by atomic mass is 32.1. The van der Waals surface area contributed by atoms with Crippen molar-refractivity contribution in [2.45, 2.75) is 13.0 Å². The lowest BCUT2D eigenvalue weighted by Gasteiger charge is -2.26. The molecular weight excluding hydrogens is 330 g/mol. The molecule has 0 fully saturated rings. The van der Waals surface area contributed by atoms with Crippen LogP contribution >= 0.6 is 11.3 Å². The number of benzene rings is 1. The number of hydrogen-bond donors (Lipinski definition) is 1. The summed E-state index contributed by atoms with van der Waals surface area (Å²) in [5.74, 6) is 0.608. The van der Waals surface area contributed by atoms with Gasteiger partial charge in [-0.25, -0.2) is 9.78 Å². The molecule has 2 heterocycles. The Labute approximate surface area is 143 Å². The van der Waals surface area contributed by atoms with Crippen molar-refractivity contribution >= 4 is 28.5 Å². The third-order valence-electron chi connectivity index (χ3n) is 3.73. The fraction of sp³-hybridized carbons (Fsp3) is 0.312. The van der Waals surface area contributed by atoms with Gasteiger partial charge in [0, 0.05) is 23.4 Å². The Hall–Kier alpha value is -2.61. The zero-order valence-corrected chi connectivity index (χ0v) is 14.2. The van der Waals surface area contributed by atoms with Gasteiger partial charge in [-0.1, -0.05) is 17.4 Å². The van der Waals surface area contributed by atoms with E-state index in [1.54, 1.807) is 36.3 Å². The summed E-state index contributed by atoms with van der Waals surface area (Å²) in [6, 6.07) is 7.11. The Bertz CT molecular complexity index is 774. The summed E-state index contributed by atoms with van der Waals surface area (Å²) in [7, 11) is 2.88. The molecule has 24 heavy (non-hydrogen) atoms. The lowest BCUT2D eigenvalue weighted by molar-refractivity contribution is 0.0736. The summed E-state index contributed by atoms with van der Waals surface area (Å²) in [4.78, 5) is 31.1. The van der Waals surface area contributed by atoms with Gasteiger partial charge in [0.25, 0.3) is 5.91 Å². The van der Waals surface area contributed by atoms with Crippen LogP contribution < -0.4 is 10.1 Å². The highest BCUT2D eigenvalue weighted by Crippen LogP contribution is 2.29. The first kappa shape index (κ1) is 16.3. The summed E-state index contributed by atoms with van der Waals surface area (Å²) in [5, 5.41) is 3.05. The molecule has 3 rings (SSSR count). The number of nitrogens with zero attached hydrogens (tertiary/aromatic N) is 2. The van der Waals surface area contributed by atoms with Crippen molar-refractivity contribution in [3.05, 3.63) is 40.4 Å². The van der Waals surface area contributed by atoms with Crippen LogP contribution in [0.3, 0.4) is 0 Å². The van der Waals surface area contributed by atoms with Crippen molar-refractivity contribution in [3.8, 4) is 5.75 Å². The molecule has 0 spiro atoms. The van der Waals surface area contributed by atoms with E-state index in [2.05, 4.69) is 15.0 Å². The van der Waals surface area contributed by atoms with Crippen LogP contribution in [-0.4, -0.2) is 42.6 Å². The molecule has 0 aliphatic carbocycles. The Morgan fingerprint density at radius 2 is 2.17 bits per heavy atom. The Morgan fingerprint density at radius 1 is 1.33 bits per heavy atom. The highest BCUT2D eigenvalue weighted by Gasteiger charge is 2.25. The number of fused-ring (bicyclic) bond motifs is 1. The predicted molar refractivity (Wildman–Crippen MR) is 89.6 cm³/mol. The van der Waals surface area contributed by atoms with Crippen LogP contribution in [0, 0.1) is 0 Å². The molecule has 0 unspecified atom stereocenters. The second kappa shape index (κ2) is 6.88. The Morgan fingerprint density at radius 3 is 2.92 bits per heavy atom. The van der Waals surface area contributed by atoms with Crippen LogP contribution in [0.1, 0.15) is 20.9 Å². The lowest BCUT2D eigenvalue weighted by Crippen LogP contribution is -2.35. The van der Waals surface area contributed by atoms with Gasteiger partial charge in [-0.3, -0.25) is 10.1 Å². The van der Waals surface area contributed by atoms with Gasteiger partial charge in [0.05, 0.1) is 26.5 Å². The SMILES string of the molecule is COC(=O)Nc1nc2c(s1)CN(C(=O)c1cccc(OC)c1)CC2. The maximum atomic E-state index is 12.7. The van der Waals surface area contributed by atoms with E-state index in [1.165, 1.54) is 18.4 Å². The zero-order chi connectivity index (χ0) is 17.1. The summed E-state index contributed by atoms with van der Waals surface area (Å²) < 4.78 is 9.73. The molecule has 0 radical (unpaired) electrons. The Balaban J connectivity index is 1.74. The summed E-state index contributed by atoms with van der Waals surface area (Å²) in [6.45, 7) is 1.07. The van der Waals surface area contributed by atoms with E-state index in [9.17, 15) is 9.59 Å². The van der Waals surface area contributed by atoms with Crippen molar-refractivity contribution in [1.82, 2.24) is 9.88 Å². The van der Waals surface area contributed by atoms with Gasteiger partial charge in [0.15, 0.2) is 5.13 Å². The monoisotopic (exact) mass is 347 g/mol. The van der Waals surface area contributed by atoms with Crippen LogP contribution in [0.4, 0.5) is 9.93 Å². The molecule has 8 heteroatoms. The molecule has 0 bridgehead atoms. The topological polar surface area (TPSA) is 80.8 Å². The van der Waals surface area contributed by atoms with E-state index < -0.39 is 6.09 Å². The van der Waals surface area contributed by atoms with Crippen LogP contribution in [0.2, 0.25) is 0 Å². The van der Waals surface area contributed by atoms with Crippen molar-refractivity contribution < 1.29 is 19.1 Å². The van der Waals surface area contributed by atoms with Gasteiger partial charge in [0.2, 0.25) is 0 Å². The quantitative estimate of drug-likeness (QED) is 0.923. The van der Waals surface area contributed by atoms with Crippen molar-refractivity contribution in [3.63, 3.8) is 0 Å². The van der Waals surface area contributed by atoms with Gasteiger partial charge in [-0.2, -0.15) is 0 Å². The highest BCUT2D eigenvalue weighted by molar-refractivity contribution is 7.15. The molecule has 0 atom stereocenters. The molecule has 2 amide bonds. The standard InChI is InChI=1S/C16H17N3O4S/c1-22-11-5-3-4-10(8-11)14(20)19-7-6-12-13(9-19)24-15(17-12)18-16(21)23-2/h3-5,8H,6-7,9H2,1-2H3,(H,17,18,21). The number of rotatable bonds is 3. The van der Waals surface area contributed by atoms with Gasteiger partial charge in [0.1, 0.15) is 5.75 Å². The fourth-order valence-electron chi connectivity index (χ4n) is 2.50. The molecule has 0 saturated heterocycles. The first-order valence-electron chi connectivity index (χ1n) is 7.37. The molecule has 7 nitrogen and oxygen atoms in total. The van der Waals surface area contributed by atoms with Crippen LogP contribution in [0.5, 0.6) is 5.75 Å². The van der Waals surface area contributed by atoms with E-state index in [0.717, 1.165) is 10.6 Å². The van der Waals surface area contributed by atoms with E-state index >= 15 is 0 Å². The van der Waals surface area contributed by atoms with Crippen LogP contribution in [0.15, 0.2) is 24.3 Å². The number of carbonyl (C=O) groups is 2. The van der Waals surface area contributed by atoms with E-state index in [0.29, 0.717) is 36.0 Å². The average molecular weight is 347 g/mol. The maximum Gasteiger partial charge on any atom is 0.413 e. The normalized spacial score (nSPS) is 13.2. The summed E-state index contributed by atoms with van der Waals surface area (Å²) in [6.07, 6.45) is 0.107. The number of aromatic nitrogens is 1. The van der Waals surface area contributed by atoms with E-state index in [1.807, 2.05) is 0 Å². The predicted octanol–water partition coefficient (Wildman–Crippen LogP) is 2.53. The molecule has 1 aromatic carbocycles. The molecule has 0 saturated carbocycles. The number of hydrogen-bond acceptors (Lipinski definition) is 6. The van der Waals surface area contributed by atoms with Crippen molar-refractivity contribution in [2.24, 2.45) is 0 Å². The fourth-order valence-corrected chi connectivity index (χ4v) is 3.51. The molecule has 1 N–H and O–H groups in total. The Kier molecular flexibility index (Phi) is 4.66. The second-order valence-corrected chi connectivity index (χ2v) is 6.30. The number of anilines is 1. The number of methoxy groups -OCH3 is 2. The number of carbonyl (C=O) groups excluding carboxylic acids is 2.